The molecule has 1 aliphatic rings. The number of benzene rings is 1. The Bertz CT molecular complexity index is 787. The van der Waals surface area contributed by atoms with Crippen LogP contribution in [-0.4, -0.2) is 29.4 Å². The number of anilines is 1. The van der Waals surface area contributed by atoms with Crippen molar-refractivity contribution in [3.8, 4) is 17.3 Å². The van der Waals surface area contributed by atoms with Crippen molar-refractivity contribution < 1.29 is 0 Å². The van der Waals surface area contributed by atoms with Gasteiger partial charge in [-0.05, 0) is 12.1 Å². The number of hydrogen-bond acceptors (Lipinski definition) is 5. The van der Waals surface area contributed by atoms with Gasteiger partial charge < -0.3 is 4.90 Å². The fourth-order valence-electron chi connectivity index (χ4n) is 2.30. The molecule has 5 nitrogen and oxygen atoms in total. The summed E-state index contributed by atoms with van der Waals surface area (Å²) < 4.78 is 1.58. The minimum atomic E-state index is -0.237. The van der Waals surface area contributed by atoms with E-state index in [-0.39, 0.29) is 11.1 Å². The van der Waals surface area contributed by atoms with E-state index in [0.29, 0.717) is 17.4 Å². The lowest BCUT2D eigenvalue weighted by molar-refractivity contribution is 0.655. The van der Waals surface area contributed by atoms with Crippen LogP contribution in [0.15, 0.2) is 34.2 Å². The maximum absolute atomic E-state index is 12.3. The van der Waals surface area contributed by atoms with Gasteiger partial charge in [0, 0.05) is 37.6 Å². The van der Waals surface area contributed by atoms with E-state index < -0.39 is 0 Å². The normalized spacial score (nSPS) is 12.8. The van der Waals surface area contributed by atoms with Crippen LogP contribution in [0.25, 0.3) is 11.3 Å². The van der Waals surface area contributed by atoms with Gasteiger partial charge in [-0.3, -0.25) is 9.36 Å². The Morgan fingerprint density at radius 3 is 2.67 bits per heavy atom. The predicted molar refractivity (Wildman–Crippen MR) is 83.7 cm³/mol. The van der Waals surface area contributed by atoms with Gasteiger partial charge in [0.15, 0.2) is 5.16 Å². The van der Waals surface area contributed by atoms with E-state index in [1.165, 1.54) is 0 Å². The smallest absolute Gasteiger partial charge is 0.272 e. The van der Waals surface area contributed by atoms with Crippen molar-refractivity contribution in [1.29, 1.82) is 5.26 Å². The van der Waals surface area contributed by atoms with E-state index in [9.17, 15) is 10.1 Å². The second-order valence-electron chi connectivity index (χ2n) is 4.98. The molecule has 0 saturated heterocycles. The lowest BCUT2D eigenvalue weighted by atomic mass is 10.1. The van der Waals surface area contributed by atoms with E-state index in [0.717, 1.165) is 17.0 Å². The molecular formula is C15H14N4OS. The molecule has 3 rings (SSSR count). The van der Waals surface area contributed by atoms with Gasteiger partial charge in [0.25, 0.3) is 5.56 Å². The molecule has 0 unspecified atom stereocenters. The van der Waals surface area contributed by atoms with Crippen molar-refractivity contribution in [2.24, 2.45) is 0 Å². The molecule has 6 heteroatoms. The molecule has 0 spiro atoms. The first-order valence-corrected chi connectivity index (χ1v) is 7.56. The van der Waals surface area contributed by atoms with Crippen LogP contribution >= 0.6 is 11.8 Å². The lowest BCUT2D eigenvalue weighted by Gasteiger charge is -2.13. The minimum Gasteiger partial charge on any atom is -0.378 e. The molecule has 0 aliphatic carbocycles. The van der Waals surface area contributed by atoms with Gasteiger partial charge in [-0.15, -0.1) is 0 Å². The third kappa shape index (κ3) is 2.30. The second kappa shape index (κ2) is 5.26. The van der Waals surface area contributed by atoms with Crippen LogP contribution in [0, 0.1) is 11.3 Å². The third-order valence-corrected chi connectivity index (χ3v) is 4.41. The summed E-state index contributed by atoms with van der Waals surface area (Å²) in [5.74, 6) is 0.829. The number of rotatable bonds is 2. The summed E-state index contributed by atoms with van der Waals surface area (Å²) >= 11 is 1.55. The van der Waals surface area contributed by atoms with Crippen molar-refractivity contribution in [3.05, 3.63) is 40.2 Å². The average molecular weight is 298 g/mol. The van der Waals surface area contributed by atoms with Crippen LogP contribution in [0.2, 0.25) is 0 Å². The molecular weight excluding hydrogens is 284 g/mol. The minimum absolute atomic E-state index is 0.124. The van der Waals surface area contributed by atoms with Crippen LogP contribution in [0.4, 0.5) is 5.69 Å². The zero-order valence-corrected chi connectivity index (χ0v) is 12.6. The first-order valence-electron chi connectivity index (χ1n) is 6.57. The van der Waals surface area contributed by atoms with E-state index in [1.54, 1.807) is 16.3 Å². The summed E-state index contributed by atoms with van der Waals surface area (Å²) in [6, 6.07) is 9.72. The lowest BCUT2D eigenvalue weighted by Crippen LogP contribution is -2.24. The fraction of sp³-hybridized carbons (Fsp3) is 0.267. The highest BCUT2D eigenvalue weighted by Crippen LogP contribution is 2.27. The quantitative estimate of drug-likeness (QED) is 0.793. The SMILES string of the molecule is CN(C)c1ccc(-c2nc3n(c(=O)c2C#N)CCS3)cc1. The summed E-state index contributed by atoms with van der Waals surface area (Å²) in [6.07, 6.45) is 0. The number of nitriles is 1. The Balaban J connectivity index is 2.17. The predicted octanol–water partition coefficient (Wildman–Crippen LogP) is 1.95. The van der Waals surface area contributed by atoms with Gasteiger partial charge in [-0.25, -0.2) is 4.98 Å². The maximum Gasteiger partial charge on any atom is 0.272 e. The number of aromatic nitrogens is 2. The van der Waals surface area contributed by atoms with Crippen molar-refractivity contribution in [3.63, 3.8) is 0 Å². The van der Waals surface area contributed by atoms with Crippen LogP contribution in [0.1, 0.15) is 5.56 Å². The molecule has 2 aromatic rings. The Hall–Kier alpha value is -2.26. The molecule has 0 atom stereocenters. The number of thioether (sulfide) groups is 1. The standard InChI is InChI=1S/C15H14N4OS/c1-18(2)11-5-3-10(4-6-11)13-12(9-16)14(20)19-7-8-21-15(19)17-13/h3-6H,7-8H2,1-2H3. The van der Waals surface area contributed by atoms with E-state index in [2.05, 4.69) is 4.98 Å². The largest absolute Gasteiger partial charge is 0.378 e. The molecule has 0 radical (unpaired) electrons. The highest BCUT2D eigenvalue weighted by molar-refractivity contribution is 7.99. The van der Waals surface area contributed by atoms with Crippen LogP contribution in [0.5, 0.6) is 0 Å². The molecule has 106 valence electrons. The molecule has 2 heterocycles. The van der Waals surface area contributed by atoms with Crippen molar-refractivity contribution >= 4 is 17.4 Å². The van der Waals surface area contributed by atoms with Crippen LogP contribution < -0.4 is 10.5 Å². The number of hydrogen-bond donors (Lipinski definition) is 0. The monoisotopic (exact) mass is 298 g/mol. The summed E-state index contributed by atoms with van der Waals surface area (Å²) in [5.41, 5.74) is 2.22. The second-order valence-corrected chi connectivity index (χ2v) is 6.04. The molecule has 0 amide bonds. The van der Waals surface area contributed by atoms with Crippen molar-refractivity contribution in [2.45, 2.75) is 11.7 Å². The van der Waals surface area contributed by atoms with Crippen molar-refractivity contribution in [2.75, 3.05) is 24.7 Å². The molecule has 1 aromatic carbocycles. The van der Waals surface area contributed by atoms with Crippen molar-refractivity contribution in [1.82, 2.24) is 9.55 Å². The molecule has 0 bridgehead atoms. The average Bonchev–Trinajstić information content (AvgIpc) is 2.96. The van der Waals surface area contributed by atoms with E-state index >= 15 is 0 Å². The van der Waals surface area contributed by atoms with Gasteiger partial charge in [0.2, 0.25) is 0 Å². The Morgan fingerprint density at radius 2 is 2.05 bits per heavy atom. The topological polar surface area (TPSA) is 61.9 Å². The molecule has 1 aliphatic heterocycles. The summed E-state index contributed by atoms with van der Waals surface area (Å²) in [7, 11) is 3.93. The first-order chi connectivity index (χ1) is 10.1. The summed E-state index contributed by atoms with van der Waals surface area (Å²) in [6.45, 7) is 0.625. The molecule has 0 N–H and O–H groups in total. The van der Waals surface area contributed by atoms with Crippen LogP contribution in [-0.2, 0) is 6.54 Å². The molecule has 0 saturated carbocycles. The number of nitrogens with zero attached hydrogens (tertiary/aromatic N) is 4. The zero-order valence-electron chi connectivity index (χ0n) is 11.8. The molecule has 21 heavy (non-hydrogen) atoms. The highest BCUT2D eigenvalue weighted by atomic mass is 32.2. The van der Waals surface area contributed by atoms with Crippen LogP contribution in [0.3, 0.4) is 0 Å². The Kier molecular flexibility index (Phi) is 3.43. The fourth-order valence-corrected chi connectivity index (χ4v) is 3.24. The van der Waals surface area contributed by atoms with Gasteiger partial charge in [0.05, 0.1) is 5.69 Å². The van der Waals surface area contributed by atoms with Gasteiger partial charge in [0.1, 0.15) is 11.6 Å². The molecule has 1 aromatic heterocycles. The van der Waals surface area contributed by atoms with Gasteiger partial charge >= 0.3 is 0 Å². The van der Waals surface area contributed by atoms with Gasteiger partial charge in [-0.1, -0.05) is 23.9 Å². The Labute approximate surface area is 126 Å². The first kappa shape index (κ1) is 13.7. The summed E-state index contributed by atoms with van der Waals surface area (Å²) in [4.78, 5) is 18.9. The third-order valence-electron chi connectivity index (χ3n) is 3.45. The maximum atomic E-state index is 12.3. The van der Waals surface area contributed by atoms with E-state index in [4.69, 9.17) is 0 Å². The summed E-state index contributed by atoms with van der Waals surface area (Å²) in [5, 5.41) is 10.0. The molecule has 0 fully saturated rings. The zero-order chi connectivity index (χ0) is 15.0. The van der Waals surface area contributed by atoms with E-state index in [1.807, 2.05) is 49.3 Å². The van der Waals surface area contributed by atoms with Gasteiger partial charge in [-0.2, -0.15) is 5.26 Å². The Morgan fingerprint density at radius 1 is 1.33 bits per heavy atom. The highest BCUT2D eigenvalue weighted by Gasteiger charge is 2.21. The number of fused-ring (bicyclic) bond motifs is 1.